The highest BCUT2D eigenvalue weighted by Crippen LogP contribution is 2.31. The van der Waals surface area contributed by atoms with Crippen LogP contribution >= 0.6 is 27.5 Å². The number of rotatable bonds is 3. The maximum Gasteiger partial charge on any atom is 0.147 e. The van der Waals surface area contributed by atoms with Crippen LogP contribution in [0.2, 0.25) is 5.02 Å². The van der Waals surface area contributed by atoms with Gasteiger partial charge < -0.3 is 10.5 Å². The molecular formula is C13H12BrClN2O. The highest BCUT2D eigenvalue weighted by Gasteiger charge is 2.05. The normalized spacial score (nSPS) is 12.2. The third kappa shape index (κ3) is 3.22. The molecule has 1 aromatic heterocycles. The van der Waals surface area contributed by atoms with E-state index in [2.05, 4.69) is 20.9 Å². The van der Waals surface area contributed by atoms with Crippen LogP contribution in [0.5, 0.6) is 11.5 Å². The molecule has 0 fully saturated rings. The summed E-state index contributed by atoms with van der Waals surface area (Å²) in [6.45, 7) is 1.88. The first-order valence-electron chi connectivity index (χ1n) is 5.40. The molecule has 1 heterocycles. The molecule has 94 valence electrons. The lowest BCUT2D eigenvalue weighted by Crippen LogP contribution is -2.06. The third-order valence-electron chi connectivity index (χ3n) is 2.35. The Morgan fingerprint density at radius 1 is 1.33 bits per heavy atom. The van der Waals surface area contributed by atoms with E-state index < -0.39 is 0 Å². The Kier molecular flexibility index (Phi) is 4.22. The molecular weight excluding hydrogens is 316 g/mol. The third-order valence-corrected chi connectivity index (χ3v) is 3.15. The molecule has 0 aliphatic rings. The second kappa shape index (κ2) is 5.69. The predicted molar refractivity (Wildman–Crippen MR) is 76.1 cm³/mol. The molecule has 0 unspecified atom stereocenters. The van der Waals surface area contributed by atoms with Crippen LogP contribution in [0.25, 0.3) is 0 Å². The summed E-state index contributed by atoms with van der Waals surface area (Å²) in [5, 5.41) is 0.550. The van der Waals surface area contributed by atoms with E-state index in [4.69, 9.17) is 22.1 Å². The molecule has 18 heavy (non-hydrogen) atoms. The van der Waals surface area contributed by atoms with Gasteiger partial charge in [0.25, 0.3) is 0 Å². The second-order valence-electron chi connectivity index (χ2n) is 3.88. The van der Waals surface area contributed by atoms with E-state index in [1.165, 1.54) is 0 Å². The number of hydrogen-bond donors (Lipinski definition) is 1. The van der Waals surface area contributed by atoms with E-state index in [1.54, 1.807) is 12.3 Å². The van der Waals surface area contributed by atoms with Gasteiger partial charge in [-0.15, -0.1) is 0 Å². The van der Waals surface area contributed by atoms with Crippen molar-refractivity contribution in [2.24, 2.45) is 5.73 Å². The zero-order chi connectivity index (χ0) is 13.1. The van der Waals surface area contributed by atoms with Crippen molar-refractivity contribution in [2.45, 2.75) is 13.0 Å². The van der Waals surface area contributed by atoms with Crippen LogP contribution in [0.3, 0.4) is 0 Å². The summed E-state index contributed by atoms with van der Waals surface area (Å²) in [7, 11) is 0. The fourth-order valence-electron chi connectivity index (χ4n) is 1.40. The van der Waals surface area contributed by atoms with Crippen LogP contribution in [0, 0.1) is 0 Å². The number of ether oxygens (including phenoxy) is 1. The Balaban J connectivity index is 2.21. The zero-order valence-electron chi connectivity index (χ0n) is 9.73. The van der Waals surface area contributed by atoms with Gasteiger partial charge in [0.2, 0.25) is 0 Å². The minimum absolute atomic E-state index is 0.0893. The molecule has 1 aromatic carbocycles. The van der Waals surface area contributed by atoms with Crippen LogP contribution in [0.4, 0.5) is 0 Å². The summed E-state index contributed by atoms with van der Waals surface area (Å²) < 4.78 is 6.56. The minimum atomic E-state index is -0.0893. The second-order valence-corrected chi connectivity index (χ2v) is 5.21. The molecule has 2 aromatic rings. The van der Waals surface area contributed by atoms with Crippen molar-refractivity contribution in [1.29, 1.82) is 0 Å². The maximum atomic E-state index is 6.04. The Morgan fingerprint density at radius 3 is 2.72 bits per heavy atom. The van der Waals surface area contributed by atoms with Crippen LogP contribution in [0.15, 0.2) is 41.0 Å². The largest absolute Gasteiger partial charge is 0.454 e. The monoisotopic (exact) mass is 326 g/mol. The molecule has 2 N–H and O–H groups in total. The molecule has 0 bridgehead atoms. The number of hydrogen-bond acceptors (Lipinski definition) is 3. The van der Waals surface area contributed by atoms with Crippen LogP contribution in [0.1, 0.15) is 18.7 Å². The van der Waals surface area contributed by atoms with E-state index >= 15 is 0 Å². The van der Waals surface area contributed by atoms with E-state index in [0.717, 1.165) is 10.2 Å². The van der Waals surface area contributed by atoms with Crippen molar-refractivity contribution in [3.05, 3.63) is 51.7 Å². The minimum Gasteiger partial charge on any atom is -0.454 e. The van der Waals surface area contributed by atoms with Crippen molar-refractivity contribution < 1.29 is 4.74 Å². The SMILES string of the molecule is C[C@@H](N)c1ccc(Oc2cc(Br)ccc2Cl)cn1. The molecule has 0 spiro atoms. The molecule has 0 amide bonds. The van der Waals surface area contributed by atoms with Gasteiger partial charge in [0, 0.05) is 10.5 Å². The lowest BCUT2D eigenvalue weighted by Gasteiger charge is -2.09. The van der Waals surface area contributed by atoms with Crippen LogP contribution < -0.4 is 10.5 Å². The number of aromatic nitrogens is 1. The average molecular weight is 328 g/mol. The van der Waals surface area contributed by atoms with Gasteiger partial charge >= 0.3 is 0 Å². The van der Waals surface area contributed by atoms with Gasteiger partial charge in [-0.2, -0.15) is 0 Å². The number of halogens is 2. The first-order valence-corrected chi connectivity index (χ1v) is 6.58. The zero-order valence-corrected chi connectivity index (χ0v) is 12.1. The summed E-state index contributed by atoms with van der Waals surface area (Å²) in [6.07, 6.45) is 1.63. The van der Waals surface area contributed by atoms with Crippen LogP contribution in [-0.2, 0) is 0 Å². The topological polar surface area (TPSA) is 48.1 Å². The van der Waals surface area contributed by atoms with Gasteiger partial charge in [-0.1, -0.05) is 27.5 Å². The molecule has 5 heteroatoms. The molecule has 0 saturated heterocycles. The summed E-state index contributed by atoms with van der Waals surface area (Å²) >= 11 is 9.41. The summed E-state index contributed by atoms with van der Waals surface area (Å²) in [4.78, 5) is 4.22. The van der Waals surface area contributed by atoms with Crippen molar-refractivity contribution in [1.82, 2.24) is 4.98 Å². The Bertz CT molecular complexity index is 543. The van der Waals surface area contributed by atoms with E-state index in [-0.39, 0.29) is 6.04 Å². The first-order chi connectivity index (χ1) is 8.56. The molecule has 3 nitrogen and oxygen atoms in total. The molecule has 0 radical (unpaired) electrons. The van der Waals surface area contributed by atoms with Gasteiger partial charge in [-0.3, -0.25) is 4.98 Å². The highest BCUT2D eigenvalue weighted by molar-refractivity contribution is 9.10. The number of benzene rings is 1. The van der Waals surface area contributed by atoms with Crippen molar-refractivity contribution in [3.63, 3.8) is 0 Å². The molecule has 0 saturated carbocycles. The van der Waals surface area contributed by atoms with E-state index in [9.17, 15) is 0 Å². The van der Waals surface area contributed by atoms with Crippen molar-refractivity contribution in [2.75, 3.05) is 0 Å². The smallest absolute Gasteiger partial charge is 0.147 e. The fraction of sp³-hybridized carbons (Fsp3) is 0.154. The average Bonchev–Trinajstić information content (AvgIpc) is 2.34. The number of nitrogens with zero attached hydrogens (tertiary/aromatic N) is 1. The maximum absolute atomic E-state index is 6.04. The number of nitrogens with two attached hydrogens (primary N) is 1. The molecule has 0 aliphatic carbocycles. The lowest BCUT2D eigenvalue weighted by molar-refractivity contribution is 0.479. The van der Waals surface area contributed by atoms with Crippen molar-refractivity contribution >= 4 is 27.5 Å². The summed E-state index contributed by atoms with van der Waals surface area (Å²) in [5.74, 6) is 1.21. The standard InChI is InChI=1S/C13H12BrClN2O/c1-8(16)12-5-3-10(7-17-12)18-13-6-9(14)2-4-11(13)15/h2-8H,16H2,1H3/t8-/m1/s1. The van der Waals surface area contributed by atoms with Gasteiger partial charge in [-0.25, -0.2) is 0 Å². The fourth-order valence-corrected chi connectivity index (χ4v) is 1.90. The molecule has 0 aliphatic heterocycles. The summed E-state index contributed by atoms with van der Waals surface area (Å²) in [5.41, 5.74) is 6.55. The lowest BCUT2D eigenvalue weighted by atomic mass is 10.2. The Labute approximate surface area is 119 Å². The van der Waals surface area contributed by atoms with Crippen molar-refractivity contribution in [3.8, 4) is 11.5 Å². The Morgan fingerprint density at radius 2 is 2.11 bits per heavy atom. The van der Waals surface area contributed by atoms with Gasteiger partial charge in [0.15, 0.2) is 0 Å². The quantitative estimate of drug-likeness (QED) is 0.914. The highest BCUT2D eigenvalue weighted by atomic mass is 79.9. The van der Waals surface area contributed by atoms with Crippen LogP contribution in [-0.4, -0.2) is 4.98 Å². The number of pyridine rings is 1. The van der Waals surface area contributed by atoms with E-state index in [1.807, 2.05) is 31.2 Å². The van der Waals surface area contributed by atoms with Gasteiger partial charge in [0.1, 0.15) is 11.5 Å². The molecule has 2 rings (SSSR count). The van der Waals surface area contributed by atoms with E-state index in [0.29, 0.717) is 16.5 Å². The Hall–Kier alpha value is -1.10. The first kappa shape index (κ1) is 13.3. The summed E-state index contributed by atoms with van der Waals surface area (Å²) in [6, 6.07) is 9.00. The van der Waals surface area contributed by atoms with Gasteiger partial charge in [0.05, 0.1) is 16.9 Å². The molecule has 1 atom stereocenters. The predicted octanol–water partition coefficient (Wildman–Crippen LogP) is 4.31. The van der Waals surface area contributed by atoms with Gasteiger partial charge in [-0.05, 0) is 37.3 Å².